The van der Waals surface area contributed by atoms with Gasteiger partial charge in [-0.1, -0.05) is 42.3 Å². The van der Waals surface area contributed by atoms with E-state index in [1.54, 1.807) is 0 Å². The first kappa shape index (κ1) is 27.4. The van der Waals surface area contributed by atoms with Crippen LogP contribution in [0.3, 0.4) is 0 Å². The molecule has 1 saturated carbocycles. The molecular weight excluding hydrogens is 496 g/mol. The monoisotopic (exact) mass is 540 g/mol. The number of piperidine rings is 1. The smallest absolute Gasteiger partial charge is 0.260 e. The van der Waals surface area contributed by atoms with E-state index >= 15 is 0 Å². The van der Waals surface area contributed by atoms with Gasteiger partial charge in [0.05, 0.1) is 0 Å². The second-order valence-corrected chi connectivity index (χ2v) is 12.6. The third-order valence-electron chi connectivity index (χ3n) is 10.3. The Hall–Kier alpha value is -2.81. The molecule has 40 heavy (non-hydrogen) atoms. The summed E-state index contributed by atoms with van der Waals surface area (Å²) in [6, 6.07) is 17.9. The zero-order chi connectivity index (χ0) is 27.6. The first-order chi connectivity index (χ1) is 19.5. The van der Waals surface area contributed by atoms with E-state index < -0.39 is 5.60 Å². The van der Waals surface area contributed by atoms with E-state index in [2.05, 4.69) is 65.3 Å². The zero-order valence-electron chi connectivity index (χ0n) is 24.0. The van der Waals surface area contributed by atoms with E-state index in [4.69, 9.17) is 4.74 Å². The second-order valence-electron chi connectivity index (χ2n) is 12.6. The summed E-state index contributed by atoms with van der Waals surface area (Å²) in [6.07, 6.45) is 10.1. The second kappa shape index (κ2) is 11.6. The van der Waals surface area contributed by atoms with Crippen LogP contribution in [-0.2, 0) is 23.1 Å². The summed E-state index contributed by atoms with van der Waals surface area (Å²) in [5.74, 6) is 7.36. The molecule has 0 bridgehead atoms. The Morgan fingerprint density at radius 3 is 2.55 bits per heavy atom. The molecule has 6 rings (SSSR count). The Kier molecular flexibility index (Phi) is 7.93. The van der Waals surface area contributed by atoms with Gasteiger partial charge in [-0.15, -0.1) is 5.92 Å². The molecule has 3 atom stereocenters. The van der Waals surface area contributed by atoms with Crippen molar-refractivity contribution < 1.29 is 14.6 Å². The van der Waals surface area contributed by atoms with Gasteiger partial charge in [0.15, 0.2) is 6.61 Å². The first-order valence-corrected chi connectivity index (χ1v) is 15.5. The number of aliphatic hydroxyl groups is 1. The van der Waals surface area contributed by atoms with Crippen LogP contribution in [0.5, 0.6) is 5.75 Å². The molecule has 2 aromatic carbocycles. The van der Waals surface area contributed by atoms with Crippen molar-refractivity contribution in [3.8, 4) is 17.6 Å². The predicted octanol–water partition coefficient (Wildman–Crippen LogP) is 5.13. The van der Waals surface area contributed by atoms with Crippen LogP contribution in [0, 0.1) is 17.8 Å². The Labute approximate surface area is 239 Å². The van der Waals surface area contributed by atoms with Gasteiger partial charge in [-0.25, -0.2) is 0 Å². The SMILES string of the molecule is CC#CC1(O)CC[C@@]2(Cc3ccccc3)c3ccc(OCC(=O)N4CCC(N5CCCC5)CC4)cc3CC[C@@H]2C1. The molecule has 2 aliphatic carbocycles. The summed E-state index contributed by atoms with van der Waals surface area (Å²) in [6.45, 7) is 6.05. The lowest BCUT2D eigenvalue weighted by atomic mass is 9.52. The standard InChI is InChI=1S/C35H44N2O3/c1-2-16-34(39)17-18-35(24-27-8-4-3-5-9-27)29(25-34)11-10-28-23-31(12-13-32(28)35)40-26-33(38)37-21-14-30(15-22-37)36-19-6-7-20-36/h3-5,8-9,12-13,23,29-30,39H,6-7,10-11,14-15,17-22,24-26H2,1H3/t29-,34?,35+/m1/s1. The molecule has 5 heteroatoms. The van der Waals surface area contributed by atoms with Crippen LogP contribution in [-0.4, -0.2) is 65.2 Å². The van der Waals surface area contributed by atoms with Gasteiger partial charge in [-0.05, 0) is 119 Å². The van der Waals surface area contributed by atoms with Gasteiger partial charge in [0.25, 0.3) is 5.91 Å². The van der Waals surface area contributed by atoms with E-state index in [-0.39, 0.29) is 17.9 Å². The average Bonchev–Trinajstić information content (AvgIpc) is 3.52. The topological polar surface area (TPSA) is 53.0 Å². The number of fused-ring (bicyclic) bond motifs is 3. The molecule has 212 valence electrons. The molecule has 2 saturated heterocycles. The number of amides is 1. The van der Waals surface area contributed by atoms with E-state index in [1.807, 2.05) is 11.8 Å². The van der Waals surface area contributed by atoms with Crippen LogP contribution in [0.2, 0.25) is 0 Å². The van der Waals surface area contributed by atoms with Crippen LogP contribution in [0.1, 0.15) is 75.0 Å². The number of hydrogen-bond donors (Lipinski definition) is 1. The lowest BCUT2D eigenvalue weighted by Crippen LogP contribution is -2.50. The lowest BCUT2D eigenvalue weighted by molar-refractivity contribution is -0.134. The highest BCUT2D eigenvalue weighted by Crippen LogP contribution is 2.54. The number of carbonyl (C=O) groups is 1. The summed E-state index contributed by atoms with van der Waals surface area (Å²) in [5, 5.41) is 11.2. The van der Waals surface area contributed by atoms with Crippen molar-refractivity contribution in [2.45, 2.75) is 88.2 Å². The highest BCUT2D eigenvalue weighted by atomic mass is 16.5. The number of benzene rings is 2. The van der Waals surface area contributed by atoms with Gasteiger partial charge in [-0.3, -0.25) is 4.79 Å². The maximum absolute atomic E-state index is 13.0. The van der Waals surface area contributed by atoms with Crippen LogP contribution in [0.15, 0.2) is 48.5 Å². The fraction of sp³-hybridized carbons (Fsp3) is 0.571. The lowest BCUT2D eigenvalue weighted by Gasteiger charge is -2.52. The normalized spacial score (nSPS) is 28.8. The Morgan fingerprint density at radius 2 is 1.80 bits per heavy atom. The molecule has 3 fully saturated rings. The van der Waals surface area contributed by atoms with Gasteiger partial charge >= 0.3 is 0 Å². The van der Waals surface area contributed by atoms with Crippen molar-refractivity contribution in [2.24, 2.45) is 5.92 Å². The van der Waals surface area contributed by atoms with Gasteiger partial charge < -0.3 is 19.6 Å². The van der Waals surface area contributed by atoms with Crippen LogP contribution in [0.25, 0.3) is 0 Å². The molecule has 4 aliphatic rings. The number of likely N-dealkylation sites (tertiary alicyclic amines) is 2. The molecule has 5 nitrogen and oxygen atoms in total. The molecular formula is C35H44N2O3. The van der Waals surface area contributed by atoms with Crippen molar-refractivity contribution in [2.75, 3.05) is 32.8 Å². The summed E-state index contributed by atoms with van der Waals surface area (Å²) in [7, 11) is 0. The quantitative estimate of drug-likeness (QED) is 0.516. The van der Waals surface area contributed by atoms with Crippen molar-refractivity contribution in [3.05, 3.63) is 65.2 Å². The van der Waals surface area contributed by atoms with Crippen molar-refractivity contribution in [1.82, 2.24) is 9.80 Å². The van der Waals surface area contributed by atoms with Crippen LogP contribution >= 0.6 is 0 Å². The highest BCUT2D eigenvalue weighted by Gasteiger charge is 2.51. The summed E-state index contributed by atoms with van der Waals surface area (Å²) < 4.78 is 6.11. The van der Waals surface area contributed by atoms with Gasteiger partial charge in [0, 0.05) is 24.5 Å². The molecule has 2 aliphatic heterocycles. The first-order valence-electron chi connectivity index (χ1n) is 15.5. The predicted molar refractivity (Wildman–Crippen MR) is 158 cm³/mol. The maximum Gasteiger partial charge on any atom is 0.260 e. The number of ether oxygens (including phenoxy) is 1. The molecule has 2 heterocycles. The molecule has 1 unspecified atom stereocenters. The number of carbonyl (C=O) groups excluding carboxylic acids is 1. The van der Waals surface area contributed by atoms with Gasteiger partial charge in [0.2, 0.25) is 0 Å². The summed E-state index contributed by atoms with van der Waals surface area (Å²) in [4.78, 5) is 17.6. The van der Waals surface area contributed by atoms with E-state index in [0.717, 1.165) is 63.8 Å². The van der Waals surface area contributed by atoms with Crippen molar-refractivity contribution in [1.29, 1.82) is 0 Å². The molecule has 0 aromatic heterocycles. The summed E-state index contributed by atoms with van der Waals surface area (Å²) >= 11 is 0. The number of rotatable bonds is 6. The minimum Gasteiger partial charge on any atom is -0.484 e. The zero-order valence-corrected chi connectivity index (χ0v) is 24.0. The van der Waals surface area contributed by atoms with Gasteiger partial charge in [0.1, 0.15) is 11.4 Å². The Bertz CT molecular complexity index is 1250. The maximum atomic E-state index is 13.0. The fourth-order valence-electron chi connectivity index (χ4n) is 8.21. The van der Waals surface area contributed by atoms with Crippen molar-refractivity contribution in [3.63, 3.8) is 0 Å². The molecule has 0 spiro atoms. The summed E-state index contributed by atoms with van der Waals surface area (Å²) in [5.41, 5.74) is 3.15. The Morgan fingerprint density at radius 1 is 1.02 bits per heavy atom. The van der Waals surface area contributed by atoms with Crippen LogP contribution in [0.4, 0.5) is 0 Å². The third-order valence-corrected chi connectivity index (χ3v) is 10.3. The fourth-order valence-corrected chi connectivity index (χ4v) is 8.21. The number of nitrogens with zero attached hydrogens (tertiary/aromatic N) is 2. The van der Waals surface area contributed by atoms with E-state index in [0.29, 0.717) is 18.4 Å². The minimum absolute atomic E-state index is 0.0232. The number of aryl methyl sites for hydroxylation is 1. The molecule has 1 amide bonds. The largest absolute Gasteiger partial charge is 0.484 e. The van der Waals surface area contributed by atoms with E-state index in [1.165, 1.54) is 42.6 Å². The number of hydrogen-bond acceptors (Lipinski definition) is 4. The molecule has 2 aromatic rings. The third kappa shape index (κ3) is 5.54. The molecule has 0 radical (unpaired) electrons. The van der Waals surface area contributed by atoms with Gasteiger partial charge in [-0.2, -0.15) is 0 Å². The highest BCUT2D eigenvalue weighted by molar-refractivity contribution is 5.77. The van der Waals surface area contributed by atoms with Crippen LogP contribution < -0.4 is 4.74 Å². The molecule has 1 N–H and O–H groups in total. The average molecular weight is 541 g/mol. The minimum atomic E-state index is -0.885. The van der Waals surface area contributed by atoms with E-state index in [9.17, 15) is 9.90 Å². The van der Waals surface area contributed by atoms with Crippen molar-refractivity contribution >= 4 is 5.91 Å². The Balaban J connectivity index is 1.15.